The lowest BCUT2D eigenvalue weighted by molar-refractivity contribution is -0.419. The van der Waals surface area contributed by atoms with E-state index >= 15 is 0 Å². The van der Waals surface area contributed by atoms with Crippen LogP contribution < -0.4 is 0 Å². The summed E-state index contributed by atoms with van der Waals surface area (Å²) in [6.07, 6.45) is 19.9. The molecule has 21 heteroatoms. The molecule has 0 saturated carbocycles. The highest BCUT2D eigenvalue weighted by molar-refractivity contribution is 5.62. The Morgan fingerprint density at radius 2 is 0.973 bits per heavy atom. The summed E-state index contributed by atoms with van der Waals surface area (Å²) in [5.41, 5.74) is 4.54. The van der Waals surface area contributed by atoms with E-state index in [1.165, 1.54) is 49.4 Å². The summed E-state index contributed by atoms with van der Waals surface area (Å²) in [6.45, 7) is 1.48. The fraction of sp³-hybridized carbons (Fsp3) is 0.192. The van der Waals surface area contributed by atoms with Gasteiger partial charge in [-0.2, -0.15) is 40.9 Å². The monoisotopic (exact) mass is 981 g/mol. The van der Waals surface area contributed by atoms with Crippen LogP contribution in [0.5, 0.6) is 23.0 Å². The molecular formula is C52H43N11O10. The van der Waals surface area contributed by atoms with Gasteiger partial charge in [-0.05, 0) is 104 Å². The topological polar surface area (TPSA) is 309 Å². The number of terminal acetylenes is 1. The Morgan fingerprint density at radius 3 is 1.34 bits per heavy atom. The van der Waals surface area contributed by atoms with E-state index in [0.717, 1.165) is 17.8 Å². The van der Waals surface area contributed by atoms with E-state index in [4.69, 9.17) is 6.42 Å². The van der Waals surface area contributed by atoms with E-state index in [1.807, 2.05) is 18.2 Å². The van der Waals surface area contributed by atoms with E-state index in [2.05, 4.69) is 46.8 Å². The zero-order valence-corrected chi connectivity index (χ0v) is 38.9. The number of phenolic OH excluding ortho intramolecular Hbond substituents is 4. The first-order chi connectivity index (χ1) is 35.1. The number of allylic oxidation sites excluding steroid dienone is 10. The van der Waals surface area contributed by atoms with E-state index in [1.54, 1.807) is 30.3 Å². The number of azo groups is 4. The van der Waals surface area contributed by atoms with Gasteiger partial charge in [0.05, 0.1) is 66.4 Å². The molecule has 0 fully saturated rings. The van der Waals surface area contributed by atoms with Crippen LogP contribution in [-0.4, -0.2) is 35.2 Å². The smallest absolute Gasteiger partial charge is 0.279 e. The molecule has 0 aliphatic heterocycles. The third-order valence-electron chi connectivity index (χ3n) is 11.9. The Kier molecular flexibility index (Phi) is 14.8. The predicted molar refractivity (Wildman–Crippen MR) is 266 cm³/mol. The Hall–Kier alpha value is -9.84. The predicted octanol–water partition coefficient (Wildman–Crippen LogP) is 12.5. The summed E-state index contributed by atoms with van der Waals surface area (Å²) >= 11 is 0. The van der Waals surface area contributed by atoms with Gasteiger partial charge in [-0.3, -0.25) is 30.3 Å². The van der Waals surface area contributed by atoms with Gasteiger partial charge in [-0.1, -0.05) is 18.1 Å². The van der Waals surface area contributed by atoms with Crippen molar-refractivity contribution in [3.63, 3.8) is 0 Å². The van der Waals surface area contributed by atoms with Crippen molar-refractivity contribution in [2.24, 2.45) is 40.9 Å². The van der Waals surface area contributed by atoms with Crippen LogP contribution in [0.15, 0.2) is 184 Å². The highest BCUT2D eigenvalue weighted by atomic mass is 16.6. The molecule has 366 valence electrons. The van der Waals surface area contributed by atoms with Crippen LogP contribution in [0, 0.1) is 42.7 Å². The zero-order valence-electron chi connectivity index (χ0n) is 38.9. The lowest BCUT2D eigenvalue weighted by Gasteiger charge is -2.18. The van der Waals surface area contributed by atoms with Crippen LogP contribution in [-0.2, 0) is 32.1 Å². The third-order valence-corrected chi connectivity index (χ3v) is 11.9. The van der Waals surface area contributed by atoms with Crippen LogP contribution in [0.1, 0.15) is 77.1 Å². The molecule has 4 aliphatic carbocycles. The van der Waals surface area contributed by atoms with Crippen molar-refractivity contribution < 1.29 is 35.2 Å². The number of aryl methyl sites for hydroxylation is 2. The summed E-state index contributed by atoms with van der Waals surface area (Å²) in [4.78, 5) is 32.7. The fourth-order valence-electron chi connectivity index (χ4n) is 8.35. The van der Waals surface area contributed by atoms with Crippen molar-refractivity contribution in [3.8, 4) is 35.3 Å². The number of phenols is 4. The summed E-state index contributed by atoms with van der Waals surface area (Å²) in [5, 5.41) is 117. The minimum absolute atomic E-state index is 0.0615. The van der Waals surface area contributed by atoms with Crippen molar-refractivity contribution in [3.05, 3.63) is 218 Å². The van der Waals surface area contributed by atoms with Crippen molar-refractivity contribution in [2.75, 3.05) is 0 Å². The molecule has 0 unspecified atom stereocenters. The van der Waals surface area contributed by atoms with Crippen molar-refractivity contribution in [1.29, 1.82) is 0 Å². The molecule has 0 heterocycles. The van der Waals surface area contributed by atoms with Crippen LogP contribution >= 0.6 is 0 Å². The molecule has 0 aromatic heterocycles. The fourth-order valence-corrected chi connectivity index (χ4v) is 8.35. The van der Waals surface area contributed by atoms with Crippen molar-refractivity contribution in [2.45, 2.75) is 64.7 Å². The second-order valence-corrected chi connectivity index (χ2v) is 17.2. The van der Waals surface area contributed by atoms with Crippen LogP contribution in [0.2, 0.25) is 0 Å². The summed E-state index contributed by atoms with van der Waals surface area (Å²) < 4.78 is 0. The normalized spacial score (nSPS) is 16.1. The van der Waals surface area contributed by atoms with Gasteiger partial charge in [0.2, 0.25) is 0 Å². The Morgan fingerprint density at radius 1 is 0.575 bits per heavy atom. The summed E-state index contributed by atoms with van der Waals surface area (Å²) in [5.74, 6) is 1.45. The first-order valence-corrected chi connectivity index (χ1v) is 22.6. The van der Waals surface area contributed by atoms with Gasteiger partial charge in [0.15, 0.2) is 0 Å². The van der Waals surface area contributed by atoms with Crippen molar-refractivity contribution in [1.82, 2.24) is 0 Å². The molecule has 0 spiro atoms. The number of nitro groups is 3. The molecule has 0 saturated heterocycles. The molecule has 21 nitrogen and oxygen atoms in total. The quantitative estimate of drug-likeness (QED) is 0.0342. The Bertz CT molecular complexity index is 3440. The second kappa shape index (κ2) is 21.8. The molecule has 4 N–H and O–H groups in total. The SMILES string of the molecule is C#C/C=C(\C=C(/C)N=Nc1cc2c(O)c(c1)Cc1cc(N=NC3=CC([N+](=O)[O-])=CC3)cc(c1O)Cc1cc(N=NC3=CC=CC3)cc(c1O)CCCc1cc(N=NC3=CC([N+](=O)[O-])=CC3)cc(c1O)C2)[N+](=O)[O-]. The molecular weight excluding hydrogens is 939 g/mol. The van der Waals surface area contributed by atoms with Crippen LogP contribution in [0.3, 0.4) is 0 Å². The maximum absolute atomic E-state index is 12.2. The molecule has 0 amide bonds. The third kappa shape index (κ3) is 12.1. The largest absolute Gasteiger partial charge is 0.507 e. The minimum atomic E-state index is -0.673. The average molecular weight is 982 g/mol. The number of hydrogen-bond donors (Lipinski definition) is 4. The average Bonchev–Trinajstić information content (AvgIpc) is 4.17. The van der Waals surface area contributed by atoms with Gasteiger partial charge in [-0.25, -0.2) is 0 Å². The number of nitrogens with zero attached hydrogens (tertiary/aromatic N) is 11. The van der Waals surface area contributed by atoms with E-state index in [-0.39, 0.29) is 119 Å². The summed E-state index contributed by atoms with van der Waals surface area (Å²) in [7, 11) is 0. The maximum atomic E-state index is 12.2. The van der Waals surface area contributed by atoms with Gasteiger partial charge in [0.25, 0.3) is 17.1 Å². The molecule has 8 bridgehead atoms. The lowest BCUT2D eigenvalue weighted by Crippen LogP contribution is -2.01. The van der Waals surface area contributed by atoms with Crippen LogP contribution in [0.25, 0.3) is 0 Å². The molecule has 73 heavy (non-hydrogen) atoms. The zero-order chi connectivity index (χ0) is 51.8. The first-order valence-electron chi connectivity index (χ1n) is 22.6. The van der Waals surface area contributed by atoms with Gasteiger partial charge in [0, 0.05) is 90.1 Å². The molecule has 0 radical (unpaired) electrons. The Balaban J connectivity index is 1.30. The lowest BCUT2D eigenvalue weighted by atomic mass is 9.91. The van der Waals surface area contributed by atoms with Gasteiger partial charge in [0.1, 0.15) is 23.0 Å². The number of hydrogen-bond acceptors (Lipinski definition) is 18. The first kappa shape index (κ1) is 49.6. The number of aromatic hydroxyl groups is 4. The molecule has 4 aliphatic rings. The van der Waals surface area contributed by atoms with Crippen LogP contribution in [0.4, 0.5) is 22.7 Å². The Labute approximate surface area is 415 Å². The summed E-state index contributed by atoms with van der Waals surface area (Å²) in [6, 6.07) is 12.7. The maximum Gasteiger partial charge on any atom is 0.279 e. The van der Waals surface area contributed by atoms with Gasteiger partial charge < -0.3 is 20.4 Å². The van der Waals surface area contributed by atoms with E-state index < -0.39 is 20.5 Å². The van der Waals surface area contributed by atoms with Gasteiger partial charge >= 0.3 is 0 Å². The minimum Gasteiger partial charge on any atom is -0.507 e. The van der Waals surface area contributed by atoms with Crippen molar-refractivity contribution >= 4 is 22.7 Å². The standard InChI is InChI=1S/C52H43N11O10/c1-3-7-46(61(68)69)16-30(2)53-57-44-24-35-17-34-23-43(59-55-40-12-14-47(28-40)62(70)71)21-32(50(34)65)9-6-8-31-20-42(58-54-39-10-4-5-11-39)22-33(49(31)64)18-36-26-45(60-56-41-13-15-48(29-41)63(72)73)27-38(52(36)67)19-37(25-44)51(35)66/h1,4-5,7,10,14-16,20-29,64-67H,6,8-9,11-13,17-19H2,2H3/b30-16+,46-7+,57-53?,58-54?,59-55?,60-56?. The molecule has 4 aromatic rings. The highest BCUT2D eigenvalue weighted by Crippen LogP contribution is 2.42. The molecule has 4 aromatic carbocycles. The highest BCUT2D eigenvalue weighted by Gasteiger charge is 2.23. The van der Waals surface area contributed by atoms with E-state index in [0.29, 0.717) is 57.7 Å². The number of benzene rings is 4. The second-order valence-electron chi connectivity index (χ2n) is 17.2. The molecule has 8 rings (SSSR count). The van der Waals surface area contributed by atoms with E-state index in [9.17, 15) is 50.8 Å². The number of fused-ring (bicyclic) bond motifs is 8. The number of rotatable bonds is 12. The molecule has 0 atom stereocenters. The van der Waals surface area contributed by atoms with Gasteiger partial charge in [-0.15, -0.1) is 6.42 Å².